The van der Waals surface area contributed by atoms with Crippen LogP contribution in [-0.2, 0) is 9.59 Å². The van der Waals surface area contributed by atoms with Crippen LogP contribution in [0.25, 0.3) is 0 Å². The topological polar surface area (TPSA) is 84.9 Å². The molecule has 7 heteroatoms. The molecule has 0 bridgehead atoms. The minimum absolute atomic E-state index is 0.102. The van der Waals surface area contributed by atoms with Crippen LogP contribution in [0.1, 0.15) is 50.9 Å². The molecule has 3 rings (SSSR count). The van der Waals surface area contributed by atoms with Crippen LogP contribution < -0.4 is 14.8 Å². The Bertz CT molecular complexity index is 773. The van der Waals surface area contributed by atoms with E-state index in [2.05, 4.69) is 5.32 Å². The van der Waals surface area contributed by atoms with Crippen LogP contribution in [0, 0.1) is 11.3 Å². The van der Waals surface area contributed by atoms with Gasteiger partial charge < -0.3 is 19.7 Å². The SMILES string of the molecule is CC(=O)c1cc2c(cc1NC(=O)C1CCN(C(=O)C(C)(C)C)CC1)OCO2. The highest BCUT2D eigenvalue weighted by molar-refractivity contribution is 6.05. The Kier molecular flexibility index (Phi) is 5.13. The Labute approximate surface area is 159 Å². The van der Waals surface area contributed by atoms with E-state index in [4.69, 9.17) is 9.47 Å². The molecule has 1 saturated heterocycles. The van der Waals surface area contributed by atoms with Crippen molar-refractivity contribution in [1.82, 2.24) is 4.90 Å². The van der Waals surface area contributed by atoms with Crippen LogP contribution in [0.5, 0.6) is 11.5 Å². The van der Waals surface area contributed by atoms with E-state index in [1.165, 1.54) is 6.92 Å². The number of anilines is 1. The first-order chi connectivity index (χ1) is 12.7. The molecule has 0 spiro atoms. The highest BCUT2D eigenvalue weighted by Crippen LogP contribution is 2.37. The number of rotatable bonds is 3. The van der Waals surface area contributed by atoms with Crippen LogP contribution in [0.2, 0.25) is 0 Å². The second kappa shape index (κ2) is 7.21. The first-order valence-electron chi connectivity index (χ1n) is 9.21. The fourth-order valence-corrected chi connectivity index (χ4v) is 3.39. The molecule has 2 aliphatic heterocycles. The summed E-state index contributed by atoms with van der Waals surface area (Å²) >= 11 is 0. The average molecular weight is 374 g/mol. The number of hydrogen-bond donors (Lipinski definition) is 1. The predicted molar refractivity (Wildman–Crippen MR) is 100.0 cm³/mol. The number of carbonyl (C=O) groups excluding carboxylic acids is 3. The van der Waals surface area contributed by atoms with E-state index in [1.807, 2.05) is 25.7 Å². The number of ketones is 1. The van der Waals surface area contributed by atoms with Gasteiger partial charge >= 0.3 is 0 Å². The standard InChI is InChI=1S/C20H26N2O5/c1-12(23)14-9-16-17(27-11-26-16)10-15(14)21-18(24)13-5-7-22(8-6-13)19(25)20(2,3)4/h9-10,13H,5-8,11H2,1-4H3,(H,21,24). The number of hydrogen-bond acceptors (Lipinski definition) is 5. The van der Waals surface area contributed by atoms with Gasteiger partial charge in [-0.2, -0.15) is 0 Å². The number of ether oxygens (including phenoxy) is 2. The average Bonchev–Trinajstić information content (AvgIpc) is 3.07. The molecule has 2 heterocycles. The van der Waals surface area contributed by atoms with Gasteiger partial charge in [0.25, 0.3) is 0 Å². The van der Waals surface area contributed by atoms with E-state index < -0.39 is 5.41 Å². The maximum Gasteiger partial charge on any atom is 0.231 e. The minimum atomic E-state index is -0.419. The second-order valence-corrected chi connectivity index (χ2v) is 8.11. The van der Waals surface area contributed by atoms with E-state index in [0.717, 1.165) is 0 Å². The summed E-state index contributed by atoms with van der Waals surface area (Å²) in [5, 5.41) is 2.87. The van der Waals surface area contributed by atoms with E-state index in [1.54, 1.807) is 12.1 Å². The maximum absolute atomic E-state index is 12.7. The van der Waals surface area contributed by atoms with Crippen molar-refractivity contribution in [1.29, 1.82) is 0 Å². The molecule has 2 aliphatic rings. The number of likely N-dealkylation sites (tertiary alicyclic amines) is 1. The highest BCUT2D eigenvalue weighted by atomic mass is 16.7. The fourth-order valence-electron chi connectivity index (χ4n) is 3.39. The van der Waals surface area contributed by atoms with Crippen LogP contribution >= 0.6 is 0 Å². The summed E-state index contributed by atoms with van der Waals surface area (Å²) in [6, 6.07) is 3.24. The Morgan fingerprint density at radius 3 is 2.22 bits per heavy atom. The molecule has 7 nitrogen and oxygen atoms in total. The molecular formula is C20H26N2O5. The summed E-state index contributed by atoms with van der Waals surface area (Å²) < 4.78 is 10.6. The zero-order chi connectivity index (χ0) is 19.8. The Morgan fingerprint density at radius 2 is 1.67 bits per heavy atom. The largest absolute Gasteiger partial charge is 0.454 e. The van der Waals surface area contributed by atoms with Crippen LogP contribution in [0.4, 0.5) is 5.69 Å². The van der Waals surface area contributed by atoms with Crippen LogP contribution in [0.15, 0.2) is 12.1 Å². The number of nitrogens with one attached hydrogen (secondary N) is 1. The number of nitrogens with zero attached hydrogens (tertiary/aromatic N) is 1. The van der Waals surface area contributed by atoms with Gasteiger partial charge in [0.2, 0.25) is 18.6 Å². The summed E-state index contributed by atoms with van der Waals surface area (Å²) in [6.07, 6.45) is 1.21. The lowest BCUT2D eigenvalue weighted by Crippen LogP contribution is -2.45. The molecule has 0 unspecified atom stereocenters. The van der Waals surface area contributed by atoms with Crippen molar-refractivity contribution in [2.75, 3.05) is 25.2 Å². The maximum atomic E-state index is 12.7. The predicted octanol–water partition coefficient (Wildman–Crippen LogP) is 2.84. The molecule has 1 N–H and O–H groups in total. The quantitative estimate of drug-likeness (QED) is 0.823. The molecule has 1 aromatic carbocycles. The zero-order valence-electron chi connectivity index (χ0n) is 16.3. The third-order valence-corrected chi connectivity index (χ3v) is 4.94. The van der Waals surface area contributed by atoms with Crippen molar-refractivity contribution in [3.05, 3.63) is 17.7 Å². The third kappa shape index (κ3) is 4.07. The summed E-state index contributed by atoms with van der Waals surface area (Å²) in [4.78, 5) is 38.9. The number of fused-ring (bicyclic) bond motifs is 1. The van der Waals surface area contributed by atoms with E-state index in [9.17, 15) is 14.4 Å². The van der Waals surface area contributed by atoms with Gasteiger partial charge in [-0.25, -0.2) is 0 Å². The Balaban J connectivity index is 1.67. The first-order valence-corrected chi connectivity index (χ1v) is 9.21. The molecule has 2 amide bonds. The van der Waals surface area contributed by atoms with Gasteiger partial charge in [-0.3, -0.25) is 14.4 Å². The smallest absolute Gasteiger partial charge is 0.231 e. The normalized spacial score (nSPS) is 17.0. The summed E-state index contributed by atoms with van der Waals surface area (Å²) in [5.41, 5.74) is 0.413. The van der Waals surface area contributed by atoms with Gasteiger partial charge in [0.1, 0.15) is 0 Å². The van der Waals surface area contributed by atoms with E-state index >= 15 is 0 Å². The number of Topliss-reactive ketones (excluding diaryl/α,β-unsaturated/α-hetero) is 1. The molecule has 0 saturated carbocycles. The molecular weight excluding hydrogens is 348 g/mol. The van der Waals surface area contributed by atoms with Crippen molar-refractivity contribution in [2.45, 2.75) is 40.5 Å². The van der Waals surface area contributed by atoms with E-state index in [-0.39, 0.29) is 30.3 Å². The van der Waals surface area contributed by atoms with Crippen LogP contribution in [-0.4, -0.2) is 42.4 Å². The van der Waals surface area contributed by atoms with Gasteiger partial charge in [-0.05, 0) is 25.8 Å². The Morgan fingerprint density at radius 1 is 1.07 bits per heavy atom. The molecule has 0 aliphatic carbocycles. The summed E-state index contributed by atoms with van der Waals surface area (Å²) in [6.45, 7) is 8.38. The fraction of sp³-hybridized carbons (Fsp3) is 0.550. The third-order valence-electron chi connectivity index (χ3n) is 4.94. The molecule has 1 aromatic rings. The van der Waals surface area contributed by atoms with Crippen molar-refractivity contribution in [3.8, 4) is 11.5 Å². The molecule has 27 heavy (non-hydrogen) atoms. The van der Waals surface area contributed by atoms with Crippen molar-refractivity contribution in [3.63, 3.8) is 0 Å². The summed E-state index contributed by atoms with van der Waals surface area (Å²) in [7, 11) is 0. The molecule has 0 radical (unpaired) electrons. The van der Waals surface area contributed by atoms with Gasteiger partial charge in [0.15, 0.2) is 17.3 Å². The van der Waals surface area contributed by atoms with Gasteiger partial charge in [-0.15, -0.1) is 0 Å². The van der Waals surface area contributed by atoms with Crippen molar-refractivity contribution < 1.29 is 23.9 Å². The number of carbonyl (C=O) groups is 3. The summed E-state index contributed by atoms with van der Waals surface area (Å²) in [5.74, 6) is 0.636. The van der Waals surface area contributed by atoms with Gasteiger partial charge in [-0.1, -0.05) is 20.8 Å². The van der Waals surface area contributed by atoms with Gasteiger partial charge in [0.05, 0.1) is 5.69 Å². The lowest BCUT2D eigenvalue weighted by molar-refractivity contribution is -0.142. The lowest BCUT2D eigenvalue weighted by atomic mass is 9.90. The zero-order valence-corrected chi connectivity index (χ0v) is 16.3. The first kappa shape index (κ1) is 19.2. The highest BCUT2D eigenvalue weighted by Gasteiger charge is 2.33. The molecule has 0 atom stereocenters. The monoisotopic (exact) mass is 374 g/mol. The molecule has 0 aromatic heterocycles. The Hall–Kier alpha value is -2.57. The van der Waals surface area contributed by atoms with Crippen molar-refractivity contribution in [2.24, 2.45) is 11.3 Å². The number of benzene rings is 1. The molecule has 1 fully saturated rings. The minimum Gasteiger partial charge on any atom is -0.454 e. The second-order valence-electron chi connectivity index (χ2n) is 8.11. The van der Waals surface area contributed by atoms with Gasteiger partial charge in [0, 0.05) is 36.1 Å². The number of amides is 2. The van der Waals surface area contributed by atoms with E-state index in [0.29, 0.717) is 48.7 Å². The molecule has 146 valence electrons. The lowest BCUT2D eigenvalue weighted by Gasteiger charge is -2.35. The van der Waals surface area contributed by atoms with Crippen molar-refractivity contribution >= 4 is 23.3 Å². The van der Waals surface area contributed by atoms with Crippen LogP contribution in [0.3, 0.4) is 0 Å². The number of piperidine rings is 1.